The molecule has 0 bridgehead atoms. The molecule has 1 aliphatic rings. The second-order valence-corrected chi connectivity index (χ2v) is 5.65. The predicted octanol–water partition coefficient (Wildman–Crippen LogP) is 2.25. The summed E-state index contributed by atoms with van der Waals surface area (Å²) in [5, 5.41) is 0. The summed E-state index contributed by atoms with van der Waals surface area (Å²) < 4.78 is 11.3. The summed E-state index contributed by atoms with van der Waals surface area (Å²) >= 11 is 8.77. The van der Waals surface area contributed by atoms with Gasteiger partial charge in [0.15, 0.2) is 0 Å². The number of anilines is 1. The lowest BCUT2D eigenvalue weighted by molar-refractivity contribution is -0.114. The third-order valence-electron chi connectivity index (χ3n) is 2.99. The maximum absolute atomic E-state index is 11.9. The largest absolute Gasteiger partial charge is 0.378 e. The molecule has 0 saturated heterocycles. The molecule has 1 heterocycles. The van der Waals surface area contributed by atoms with E-state index in [1.54, 1.807) is 18.2 Å². The molecule has 21 heavy (non-hydrogen) atoms. The van der Waals surface area contributed by atoms with Crippen molar-refractivity contribution in [3.63, 3.8) is 0 Å². The molecular weight excluding hydrogens is 362 g/mol. The Kier molecular flexibility index (Phi) is 6.17. The molecule has 1 aliphatic heterocycles. The van der Waals surface area contributed by atoms with Gasteiger partial charge in [0.05, 0.1) is 37.7 Å². The molecule has 0 radical (unpaired) electrons. The zero-order valence-corrected chi connectivity index (χ0v) is 13.7. The first-order valence-electron chi connectivity index (χ1n) is 6.52. The average Bonchev–Trinajstić information content (AvgIpc) is 2.71. The van der Waals surface area contributed by atoms with Crippen molar-refractivity contribution in [3.05, 3.63) is 28.2 Å². The van der Waals surface area contributed by atoms with E-state index in [-0.39, 0.29) is 0 Å². The Morgan fingerprint density at radius 1 is 1.10 bits per heavy atom. The normalized spacial score (nSPS) is 13.9. The van der Waals surface area contributed by atoms with Gasteiger partial charge in [0.25, 0.3) is 11.7 Å². The number of rotatable bonds is 8. The van der Waals surface area contributed by atoms with Gasteiger partial charge in [0.2, 0.25) is 0 Å². The van der Waals surface area contributed by atoms with E-state index in [2.05, 4.69) is 15.9 Å². The fraction of sp³-hybridized carbons (Fsp3) is 0.429. The highest BCUT2D eigenvalue weighted by atomic mass is 79.9. The van der Waals surface area contributed by atoms with E-state index in [0.717, 1.165) is 4.47 Å². The van der Waals surface area contributed by atoms with E-state index in [4.69, 9.17) is 21.1 Å². The van der Waals surface area contributed by atoms with Crippen LogP contribution in [0.4, 0.5) is 5.69 Å². The SMILES string of the molecule is O=C1C(=O)N(CCOCCOCCCl)c2ccc(Br)cc21. The maximum Gasteiger partial charge on any atom is 0.299 e. The number of hydrogen-bond donors (Lipinski definition) is 0. The minimum Gasteiger partial charge on any atom is -0.378 e. The van der Waals surface area contributed by atoms with Crippen molar-refractivity contribution in [2.24, 2.45) is 0 Å². The summed E-state index contributed by atoms with van der Waals surface area (Å²) in [5.41, 5.74) is 1.06. The van der Waals surface area contributed by atoms with Gasteiger partial charge >= 0.3 is 0 Å². The first-order chi connectivity index (χ1) is 10.1. The standard InChI is InChI=1S/C14H15BrClNO4/c15-10-1-2-12-11(9-10)13(18)14(19)17(12)4-6-21-8-7-20-5-3-16/h1-2,9H,3-8H2. The zero-order chi connectivity index (χ0) is 15.2. The summed E-state index contributed by atoms with van der Waals surface area (Å²) in [6.45, 7) is 2.07. The zero-order valence-electron chi connectivity index (χ0n) is 11.3. The topological polar surface area (TPSA) is 55.8 Å². The van der Waals surface area contributed by atoms with Crippen LogP contribution in [-0.4, -0.2) is 50.5 Å². The third kappa shape index (κ3) is 4.03. The van der Waals surface area contributed by atoms with Gasteiger partial charge in [-0.05, 0) is 18.2 Å². The van der Waals surface area contributed by atoms with Crippen molar-refractivity contribution >= 4 is 44.9 Å². The summed E-state index contributed by atoms with van der Waals surface area (Å²) in [6.07, 6.45) is 0. The molecular formula is C14H15BrClNO4. The van der Waals surface area contributed by atoms with Crippen LogP contribution in [0.5, 0.6) is 0 Å². The molecule has 0 aromatic heterocycles. The Hall–Kier alpha value is -0.950. The summed E-state index contributed by atoms with van der Waals surface area (Å²) in [7, 11) is 0. The van der Waals surface area contributed by atoms with Crippen molar-refractivity contribution in [2.45, 2.75) is 0 Å². The van der Waals surface area contributed by atoms with Crippen molar-refractivity contribution in [2.75, 3.05) is 43.8 Å². The summed E-state index contributed by atoms with van der Waals surface area (Å²) in [4.78, 5) is 25.3. The molecule has 0 aliphatic carbocycles. The number of ketones is 1. The molecule has 1 aromatic carbocycles. The van der Waals surface area contributed by atoms with Gasteiger partial charge in [0.1, 0.15) is 0 Å². The molecule has 1 aromatic rings. The monoisotopic (exact) mass is 375 g/mol. The third-order valence-corrected chi connectivity index (χ3v) is 3.63. The summed E-state index contributed by atoms with van der Waals surface area (Å²) in [5.74, 6) is -0.529. The number of carbonyl (C=O) groups excluding carboxylic acids is 2. The second kappa shape index (κ2) is 7.89. The highest BCUT2D eigenvalue weighted by molar-refractivity contribution is 9.10. The first kappa shape index (κ1) is 16.4. The minimum atomic E-state index is -0.509. The second-order valence-electron chi connectivity index (χ2n) is 4.36. The van der Waals surface area contributed by atoms with Crippen molar-refractivity contribution in [3.8, 4) is 0 Å². The Bertz CT molecular complexity index is 538. The van der Waals surface area contributed by atoms with E-state index < -0.39 is 11.7 Å². The van der Waals surface area contributed by atoms with Crippen LogP contribution in [0.15, 0.2) is 22.7 Å². The van der Waals surface area contributed by atoms with Gasteiger partial charge < -0.3 is 14.4 Å². The number of ether oxygens (including phenoxy) is 2. The lowest BCUT2D eigenvalue weighted by Gasteiger charge is -2.16. The molecule has 0 atom stereocenters. The number of fused-ring (bicyclic) bond motifs is 1. The number of alkyl halides is 1. The number of amides is 1. The van der Waals surface area contributed by atoms with Crippen LogP contribution < -0.4 is 4.90 Å². The Balaban J connectivity index is 1.84. The van der Waals surface area contributed by atoms with Crippen LogP contribution in [0.2, 0.25) is 0 Å². The number of Topliss-reactive ketones (excluding diaryl/α,β-unsaturated/α-hetero) is 1. The molecule has 0 fully saturated rings. The molecule has 0 unspecified atom stereocenters. The van der Waals surface area contributed by atoms with Gasteiger partial charge in [-0.15, -0.1) is 11.6 Å². The maximum atomic E-state index is 11.9. The van der Waals surface area contributed by atoms with Crippen LogP contribution >= 0.6 is 27.5 Å². The van der Waals surface area contributed by atoms with Gasteiger partial charge in [-0.2, -0.15) is 0 Å². The van der Waals surface area contributed by atoms with E-state index in [1.165, 1.54) is 4.90 Å². The Morgan fingerprint density at radius 3 is 2.52 bits per heavy atom. The average molecular weight is 377 g/mol. The fourth-order valence-corrected chi connectivity index (χ4v) is 2.50. The van der Waals surface area contributed by atoms with Crippen LogP contribution in [-0.2, 0) is 14.3 Å². The van der Waals surface area contributed by atoms with Crippen molar-refractivity contribution in [1.82, 2.24) is 0 Å². The van der Waals surface area contributed by atoms with Gasteiger partial charge in [0, 0.05) is 16.9 Å². The smallest absolute Gasteiger partial charge is 0.299 e. The number of nitrogens with zero attached hydrogens (tertiary/aromatic N) is 1. The van der Waals surface area contributed by atoms with Crippen molar-refractivity contribution in [1.29, 1.82) is 0 Å². The molecule has 114 valence electrons. The van der Waals surface area contributed by atoms with Crippen LogP contribution in [0.25, 0.3) is 0 Å². The lowest BCUT2D eigenvalue weighted by Crippen LogP contribution is -2.33. The van der Waals surface area contributed by atoms with Crippen LogP contribution in [0, 0.1) is 0 Å². The Labute approximate surface area is 136 Å². The number of carbonyl (C=O) groups is 2. The minimum absolute atomic E-state index is 0.342. The molecule has 0 spiro atoms. The van der Waals surface area contributed by atoms with E-state index in [0.29, 0.717) is 50.1 Å². The molecule has 0 saturated carbocycles. The van der Waals surface area contributed by atoms with E-state index in [9.17, 15) is 9.59 Å². The fourth-order valence-electron chi connectivity index (χ4n) is 2.03. The Morgan fingerprint density at radius 2 is 1.81 bits per heavy atom. The quantitative estimate of drug-likeness (QED) is 0.397. The molecule has 5 nitrogen and oxygen atoms in total. The van der Waals surface area contributed by atoms with Crippen LogP contribution in [0.3, 0.4) is 0 Å². The van der Waals surface area contributed by atoms with E-state index in [1.807, 2.05) is 0 Å². The molecule has 1 amide bonds. The van der Waals surface area contributed by atoms with Crippen molar-refractivity contribution < 1.29 is 19.1 Å². The van der Waals surface area contributed by atoms with Gasteiger partial charge in [-0.1, -0.05) is 15.9 Å². The number of halogens is 2. The summed E-state index contributed by atoms with van der Waals surface area (Å²) in [6, 6.07) is 5.22. The lowest BCUT2D eigenvalue weighted by atomic mass is 10.1. The molecule has 2 rings (SSSR count). The number of hydrogen-bond acceptors (Lipinski definition) is 4. The van der Waals surface area contributed by atoms with Crippen LogP contribution in [0.1, 0.15) is 10.4 Å². The van der Waals surface area contributed by atoms with Gasteiger partial charge in [-0.3, -0.25) is 9.59 Å². The molecule has 0 N–H and O–H groups in total. The van der Waals surface area contributed by atoms with Gasteiger partial charge in [-0.25, -0.2) is 0 Å². The highest BCUT2D eigenvalue weighted by Gasteiger charge is 2.35. The molecule has 7 heteroatoms. The first-order valence-corrected chi connectivity index (χ1v) is 7.85. The predicted molar refractivity (Wildman–Crippen MR) is 83.2 cm³/mol. The van der Waals surface area contributed by atoms with E-state index >= 15 is 0 Å². The number of benzene rings is 1. The highest BCUT2D eigenvalue weighted by Crippen LogP contribution is 2.30.